The highest BCUT2D eigenvalue weighted by atomic mass is 32.2. The Balaban J connectivity index is 4.04. The van der Waals surface area contributed by atoms with Gasteiger partial charge in [0.25, 0.3) is 0 Å². The van der Waals surface area contributed by atoms with E-state index >= 15 is 0 Å². The van der Waals surface area contributed by atoms with Gasteiger partial charge < -0.3 is 5.11 Å². The topological polar surface area (TPSA) is 101 Å². The monoisotopic (exact) mass is 271 g/mol. The maximum absolute atomic E-state index is 11.4. The summed E-state index contributed by atoms with van der Waals surface area (Å²) in [5, 5.41) is 8.36. The summed E-state index contributed by atoms with van der Waals surface area (Å²) >= 11 is 0. The molecule has 0 aromatic rings. The highest BCUT2D eigenvalue weighted by Gasteiger charge is 2.15. The van der Waals surface area contributed by atoms with Gasteiger partial charge in [-0.25, -0.2) is 13.1 Å². The molecule has 6 nitrogen and oxygen atoms in total. The summed E-state index contributed by atoms with van der Waals surface area (Å²) in [6.45, 7) is 1.62. The van der Waals surface area contributed by atoms with Crippen molar-refractivity contribution in [3.63, 3.8) is 0 Å². The van der Waals surface area contributed by atoms with Crippen LogP contribution in [0.5, 0.6) is 0 Å². The van der Waals surface area contributed by atoms with Crippen molar-refractivity contribution >= 4 is 26.8 Å². The van der Waals surface area contributed by atoms with Crippen molar-refractivity contribution in [2.45, 2.75) is 25.8 Å². The van der Waals surface area contributed by atoms with Crippen molar-refractivity contribution in [2.75, 3.05) is 17.8 Å². The standard InChI is InChI=1S/C8H17NO5S2/c1-7(6-15(2)12)9-16(13,14)5-3-4-8(10)11/h7,9H,3-6H2,1-2H3,(H,10,11). The molecule has 0 aliphatic heterocycles. The fourth-order valence-corrected chi connectivity index (χ4v) is 3.40. The van der Waals surface area contributed by atoms with E-state index in [4.69, 9.17) is 5.11 Å². The van der Waals surface area contributed by atoms with Crippen LogP contribution in [0.25, 0.3) is 0 Å². The second kappa shape index (κ2) is 6.97. The molecule has 0 aliphatic carbocycles. The average molecular weight is 271 g/mol. The smallest absolute Gasteiger partial charge is 0.303 e. The van der Waals surface area contributed by atoms with Gasteiger partial charge in [-0.05, 0) is 13.3 Å². The van der Waals surface area contributed by atoms with E-state index in [1.165, 1.54) is 6.26 Å². The number of sulfonamides is 1. The number of hydrogen-bond donors (Lipinski definition) is 2. The van der Waals surface area contributed by atoms with Gasteiger partial charge in [0.1, 0.15) is 0 Å². The first-order valence-electron chi connectivity index (χ1n) is 4.75. The van der Waals surface area contributed by atoms with Gasteiger partial charge in [-0.2, -0.15) is 0 Å². The summed E-state index contributed by atoms with van der Waals surface area (Å²) in [5.41, 5.74) is 0. The van der Waals surface area contributed by atoms with E-state index in [0.717, 1.165) is 0 Å². The minimum Gasteiger partial charge on any atom is -0.481 e. The van der Waals surface area contributed by atoms with Crippen LogP contribution in [0.2, 0.25) is 0 Å². The Morgan fingerprint density at radius 1 is 1.50 bits per heavy atom. The van der Waals surface area contributed by atoms with Crippen LogP contribution in [-0.2, 0) is 25.6 Å². The molecule has 0 radical (unpaired) electrons. The molecule has 8 heteroatoms. The van der Waals surface area contributed by atoms with Gasteiger partial charge in [-0.15, -0.1) is 0 Å². The van der Waals surface area contributed by atoms with Crippen molar-refractivity contribution < 1.29 is 22.5 Å². The van der Waals surface area contributed by atoms with Crippen molar-refractivity contribution in [1.82, 2.24) is 4.72 Å². The molecule has 0 bridgehead atoms. The number of aliphatic carboxylic acids is 1. The molecule has 16 heavy (non-hydrogen) atoms. The number of carboxylic acids is 1. The van der Waals surface area contributed by atoms with Crippen LogP contribution in [0.4, 0.5) is 0 Å². The first kappa shape index (κ1) is 15.5. The molecule has 0 aliphatic rings. The van der Waals surface area contributed by atoms with Gasteiger partial charge >= 0.3 is 5.97 Å². The number of carbonyl (C=O) groups is 1. The van der Waals surface area contributed by atoms with E-state index < -0.39 is 32.8 Å². The Labute approximate surface area is 97.9 Å². The van der Waals surface area contributed by atoms with Gasteiger partial charge in [0.15, 0.2) is 0 Å². The lowest BCUT2D eigenvalue weighted by molar-refractivity contribution is -0.137. The fourth-order valence-electron chi connectivity index (χ4n) is 1.16. The summed E-state index contributed by atoms with van der Waals surface area (Å²) < 4.78 is 36.0. The molecule has 0 heterocycles. The van der Waals surface area contributed by atoms with Gasteiger partial charge in [-0.1, -0.05) is 0 Å². The third kappa shape index (κ3) is 8.81. The lowest BCUT2D eigenvalue weighted by Crippen LogP contribution is -2.37. The Hall–Kier alpha value is -0.470. The van der Waals surface area contributed by atoms with Crippen LogP contribution in [0.3, 0.4) is 0 Å². The molecule has 0 fully saturated rings. The Kier molecular flexibility index (Phi) is 6.77. The molecule has 2 atom stereocenters. The maximum atomic E-state index is 11.4. The zero-order valence-corrected chi connectivity index (χ0v) is 10.9. The predicted molar refractivity (Wildman–Crippen MR) is 62.2 cm³/mol. The SMILES string of the molecule is CC(CS(C)=O)NS(=O)(=O)CCCC(=O)O. The van der Waals surface area contributed by atoms with Crippen LogP contribution >= 0.6 is 0 Å². The fraction of sp³-hybridized carbons (Fsp3) is 0.875. The molecule has 0 aromatic heterocycles. The third-order valence-electron chi connectivity index (χ3n) is 1.67. The lowest BCUT2D eigenvalue weighted by Gasteiger charge is -2.12. The first-order valence-corrected chi connectivity index (χ1v) is 8.12. The summed E-state index contributed by atoms with van der Waals surface area (Å²) in [4.78, 5) is 10.2. The molecule has 0 rings (SSSR count). The Morgan fingerprint density at radius 3 is 2.50 bits per heavy atom. The van der Waals surface area contributed by atoms with Crippen molar-refractivity contribution in [2.24, 2.45) is 0 Å². The van der Waals surface area contributed by atoms with E-state index in [1.807, 2.05) is 0 Å². The molecule has 96 valence electrons. The minimum atomic E-state index is -3.47. The largest absolute Gasteiger partial charge is 0.481 e. The van der Waals surface area contributed by atoms with Gasteiger partial charge in [0.05, 0.1) is 5.75 Å². The lowest BCUT2D eigenvalue weighted by atomic mass is 10.3. The molecule has 0 spiro atoms. The number of hydrogen-bond acceptors (Lipinski definition) is 4. The molecule has 2 N–H and O–H groups in total. The Bertz CT molecular complexity index is 351. The minimum absolute atomic E-state index is 0.0760. The second-order valence-corrected chi connectivity index (χ2v) is 6.93. The third-order valence-corrected chi connectivity index (χ3v) is 4.23. The number of nitrogens with one attached hydrogen (secondary N) is 1. The molecular weight excluding hydrogens is 254 g/mol. The van der Waals surface area contributed by atoms with Gasteiger partial charge in [0.2, 0.25) is 10.0 Å². The summed E-state index contributed by atoms with van der Waals surface area (Å²) in [6, 6.07) is -0.402. The van der Waals surface area contributed by atoms with E-state index in [1.54, 1.807) is 6.92 Å². The average Bonchev–Trinajstić information content (AvgIpc) is 1.98. The highest BCUT2D eigenvalue weighted by molar-refractivity contribution is 7.89. The van der Waals surface area contributed by atoms with Crippen LogP contribution in [0.15, 0.2) is 0 Å². The number of rotatable bonds is 8. The molecule has 2 unspecified atom stereocenters. The second-order valence-electron chi connectivity index (χ2n) is 3.57. The maximum Gasteiger partial charge on any atom is 0.303 e. The molecule has 0 saturated heterocycles. The van der Waals surface area contributed by atoms with Crippen molar-refractivity contribution in [3.8, 4) is 0 Å². The van der Waals surface area contributed by atoms with E-state index in [2.05, 4.69) is 4.72 Å². The molecule has 0 saturated carbocycles. The van der Waals surface area contributed by atoms with Crippen molar-refractivity contribution in [1.29, 1.82) is 0 Å². The normalized spacial score (nSPS) is 15.6. The van der Waals surface area contributed by atoms with Crippen LogP contribution in [-0.4, -0.2) is 47.5 Å². The highest BCUT2D eigenvalue weighted by Crippen LogP contribution is 1.97. The zero-order chi connectivity index (χ0) is 12.8. The van der Waals surface area contributed by atoms with Crippen LogP contribution in [0.1, 0.15) is 19.8 Å². The number of carboxylic acid groups (broad SMARTS) is 1. The molecule has 0 aromatic carbocycles. The van der Waals surface area contributed by atoms with Crippen LogP contribution < -0.4 is 4.72 Å². The van der Waals surface area contributed by atoms with E-state index in [-0.39, 0.29) is 24.3 Å². The van der Waals surface area contributed by atoms with Gasteiger partial charge in [0, 0.05) is 35.3 Å². The van der Waals surface area contributed by atoms with E-state index in [9.17, 15) is 17.4 Å². The van der Waals surface area contributed by atoms with Gasteiger partial charge in [-0.3, -0.25) is 9.00 Å². The summed E-state index contributed by atoms with van der Waals surface area (Å²) in [5.74, 6) is -0.990. The molecule has 0 amide bonds. The molecular formula is C8H17NO5S2. The van der Waals surface area contributed by atoms with Crippen LogP contribution in [0, 0.1) is 0 Å². The summed E-state index contributed by atoms with van der Waals surface area (Å²) in [6.07, 6.45) is 1.40. The quantitative estimate of drug-likeness (QED) is 0.622. The van der Waals surface area contributed by atoms with E-state index in [0.29, 0.717) is 0 Å². The zero-order valence-electron chi connectivity index (χ0n) is 9.30. The first-order chi connectivity index (χ1) is 7.23. The Morgan fingerprint density at radius 2 is 2.06 bits per heavy atom. The van der Waals surface area contributed by atoms with Crippen molar-refractivity contribution in [3.05, 3.63) is 0 Å². The predicted octanol–water partition coefficient (Wildman–Crippen LogP) is -0.462. The summed E-state index contributed by atoms with van der Waals surface area (Å²) in [7, 11) is -4.53.